The molecule has 1 fully saturated rings. The van der Waals surface area contributed by atoms with Gasteiger partial charge in [-0.15, -0.1) is 0 Å². The molecular weight excluding hydrogens is 207 g/mol. The van der Waals surface area contributed by atoms with Crippen LogP contribution in [0.15, 0.2) is 18.2 Å². The molecule has 1 aromatic carbocycles. The highest BCUT2D eigenvalue weighted by Gasteiger charge is 2.36. The molecule has 3 rings (SSSR count). The maximum Gasteiger partial charge on any atom is 0.494 e. The molecule has 1 saturated heterocycles. The molecule has 16 heavy (non-hydrogen) atoms. The van der Waals surface area contributed by atoms with Gasteiger partial charge in [-0.25, -0.2) is 0 Å². The second kappa shape index (κ2) is 3.68. The van der Waals surface area contributed by atoms with Crippen LogP contribution in [0, 0.1) is 0 Å². The van der Waals surface area contributed by atoms with Crippen LogP contribution in [0.1, 0.15) is 13.8 Å². The topological polar surface area (TPSA) is 36.9 Å². The molecule has 84 valence electrons. The molecule has 2 aliphatic rings. The molecular formula is C11H13BO4. The summed E-state index contributed by atoms with van der Waals surface area (Å²) in [6.07, 6.45) is 0.242. The van der Waals surface area contributed by atoms with Crippen molar-refractivity contribution in [1.82, 2.24) is 0 Å². The summed E-state index contributed by atoms with van der Waals surface area (Å²) in [7, 11) is -0.292. The summed E-state index contributed by atoms with van der Waals surface area (Å²) in [5.41, 5.74) is 0.973. The van der Waals surface area contributed by atoms with Crippen molar-refractivity contribution in [3.05, 3.63) is 18.2 Å². The van der Waals surface area contributed by atoms with Crippen LogP contribution in [0.4, 0.5) is 0 Å². The summed E-state index contributed by atoms with van der Waals surface area (Å²) in [6, 6.07) is 5.75. The number of benzene rings is 1. The Morgan fingerprint density at radius 1 is 1.06 bits per heavy atom. The summed E-state index contributed by atoms with van der Waals surface area (Å²) >= 11 is 0. The molecule has 1 aromatic rings. The first kappa shape index (κ1) is 9.99. The monoisotopic (exact) mass is 220 g/mol. The van der Waals surface area contributed by atoms with Gasteiger partial charge in [0.15, 0.2) is 11.5 Å². The van der Waals surface area contributed by atoms with Crippen molar-refractivity contribution >= 4 is 12.6 Å². The summed E-state index contributed by atoms with van der Waals surface area (Å²) in [4.78, 5) is 0. The van der Waals surface area contributed by atoms with Crippen LogP contribution in [0.5, 0.6) is 11.5 Å². The van der Waals surface area contributed by atoms with Gasteiger partial charge in [0, 0.05) is 0 Å². The van der Waals surface area contributed by atoms with E-state index in [1.165, 1.54) is 0 Å². The van der Waals surface area contributed by atoms with E-state index in [1.807, 2.05) is 32.0 Å². The van der Waals surface area contributed by atoms with Gasteiger partial charge in [0.05, 0.1) is 12.2 Å². The minimum atomic E-state index is -0.292. The van der Waals surface area contributed by atoms with E-state index in [9.17, 15) is 0 Å². The number of hydrogen-bond acceptors (Lipinski definition) is 4. The van der Waals surface area contributed by atoms with Crippen LogP contribution in [0.3, 0.4) is 0 Å². The second-order valence-corrected chi connectivity index (χ2v) is 4.13. The van der Waals surface area contributed by atoms with Gasteiger partial charge in [0.2, 0.25) is 6.79 Å². The fourth-order valence-electron chi connectivity index (χ4n) is 1.86. The standard InChI is InChI=1S/C11H13BO4/c1-7-8(2)16-12(15-7)9-3-4-10-11(5-9)14-6-13-10/h3-5,7-8H,6H2,1-2H3/t7-,8-/m0/s1. The van der Waals surface area contributed by atoms with Crippen molar-refractivity contribution in [3.63, 3.8) is 0 Å². The van der Waals surface area contributed by atoms with E-state index in [-0.39, 0.29) is 26.1 Å². The Hall–Kier alpha value is -1.20. The molecule has 2 atom stereocenters. The predicted molar refractivity (Wildman–Crippen MR) is 59.0 cm³/mol. The van der Waals surface area contributed by atoms with Crippen LogP contribution < -0.4 is 14.9 Å². The van der Waals surface area contributed by atoms with Gasteiger partial charge >= 0.3 is 7.12 Å². The molecule has 0 amide bonds. The van der Waals surface area contributed by atoms with E-state index in [4.69, 9.17) is 18.8 Å². The first-order valence-corrected chi connectivity index (χ1v) is 5.44. The van der Waals surface area contributed by atoms with Crippen LogP contribution in [0.2, 0.25) is 0 Å². The summed E-state index contributed by atoms with van der Waals surface area (Å²) in [5.74, 6) is 1.54. The maximum atomic E-state index is 5.70. The molecule has 0 aromatic heterocycles. The Labute approximate surface area is 94.6 Å². The smallest absolute Gasteiger partial charge is 0.454 e. The van der Waals surface area contributed by atoms with Gasteiger partial charge in [-0.05, 0) is 31.4 Å². The Morgan fingerprint density at radius 3 is 2.50 bits per heavy atom. The first-order chi connectivity index (χ1) is 7.74. The van der Waals surface area contributed by atoms with Crippen LogP contribution in [-0.2, 0) is 9.31 Å². The predicted octanol–water partition coefficient (Wildman–Crippen LogP) is 0.934. The number of rotatable bonds is 1. The molecule has 2 aliphatic heterocycles. The highest BCUT2D eigenvalue weighted by Crippen LogP contribution is 2.30. The lowest BCUT2D eigenvalue weighted by molar-refractivity contribution is 0.174. The lowest BCUT2D eigenvalue weighted by atomic mass is 9.79. The largest absolute Gasteiger partial charge is 0.494 e. The van der Waals surface area contributed by atoms with Crippen molar-refractivity contribution in [3.8, 4) is 11.5 Å². The van der Waals surface area contributed by atoms with Crippen LogP contribution in [-0.4, -0.2) is 26.1 Å². The van der Waals surface area contributed by atoms with Crippen molar-refractivity contribution in [2.24, 2.45) is 0 Å². The molecule has 0 unspecified atom stereocenters. The van der Waals surface area contributed by atoms with Gasteiger partial charge in [-0.3, -0.25) is 0 Å². The zero-order valence-corrected chi connectivity index (χ0v) is 9.30. The van der Waals surface area contributed by atoms with E-state index in [2.05, 4.69) is 0 Å². The van der Waals surface area contributed by atoms with Crippen molar-refractivity contribution in [2.75, 3.05) is 6.79 Å². The lowest BCUT2D eigenvalue weighted by Gasteiger charge is -2.05. The molecule has 0 saturated carbocycles. The van der Waals surface area contributed by atoms with Crippen LogP contribution >= 0.6 is 0 Å². The van der Waals surface area contributed by atoms with E-state index < -0.39 is 0 Å². The first-order valence-electron chi connectivity index (χ1n) is 5.44. The lowest BCUT2D eigenvalue weighted by Crippen LogP contribution is -2.32. The fourth-order valence-corrected chi connectivity index (χ4v) is 1.86. The summed E-state index contributed by atoms with van der Waals surface area (Å²) in [6.45, 7) is 4.31. The Balaban J connectivity index is 1.85. The zero-order valence-electron chi connectivity index (χ0n) is 9.30. The molecule has 0 N–H and O–H groups in total. The van der Waals surface area contributed by atoms with E-state index in [0.29, 0.717) is 0 Å². The normalized spacial score (nSPS) is 27.5. The zero-order chi connectivity index (χ0) is 11.1. The van der Waals surface area contributed by atoms with E-state index in [1.54, 1.807) is 0 Å². The molecule has 0 aliphatic carbocycles. The SMILES string of the molecule is C[C@@H]1OB(c2ccc3c(c2)OCO3)O[C@H]1C. The number of hydrogen-bond donors (Lipinski definition) is 0. The van der Waals surface area contributed by atoms with Crippen molar-refractivity contribution in [1.29, 1.82) is 0 Å². The maximum absolute atomic E-state index is 5.70. The number of fused-ring (bicyclic) bond motifs is 1. The Bertz CT molecular complexity index is 399. The van der Waals surface area contributed by atoms with Crippen LogP contribution in [0.25, 0.3) is 0 Å². The van der Waals surface area contributed by atoms with Gasteiger partial charge in [0.1, 0.15) is 0 Å². The van der Waals surface area contributed by atoms with Gasteiger partial charge in [-0.1, -0.05) is 6.07 Å². The van der Waals surface area contributed by atoms with Crippen molar-refractivity contribution < 1.29 is 18.8 Å². The molecule has 5 heteroatoms. The van der Waals surface area contributed by atoms with E-state index in [0.717, 1.165) is 17.0 Å². The third-order valence-electron chi connectivity index (χ3n) is 3.01. The second-order valence-electron chi connectivity index (χ2n) is 4.13. The third-order valence-corrected chi connectivity index (χ3v) is 3.01. The molecule has 0 bridgehead atoms. The highest BCUT2D eigenvalue weighted by molar-refractivity contribution is 6.62. The Morgan fingerprint density at radius 2 is 1.75 bits per heavy atom. The molecule has 2 heterocycles. The van der Waals surface area contributed by atoms with Gasteiger partial charge < -0.3 is 18.8 Å². The fraction of sp³-hybridized carbons (Fsp3) is 0.455. The summed E-state index contributed by atoms with van der Waals surface area (Å²) in [5, 5.41) is 0. The molecule has 4 nitrogen and oxygen atoms in total. The van der Waals surface area contributed by atoms with Crippen molar-refractivity contribution in [2.45, 2.75) is 26.1 Å². The average molecular weight is 220 g/mol. The third kappa shape index (κ3) is 1.56. The minimum absolute atomic E-state index is 0.121. The summed E-state index contributed by atoms with van der Waals surface area (Å²) < 4.78 is 22.0. The highest BCUT2D eigenvalue weighted by atomic mass is 16.7. The number of ether oxygens (including phenoxy) is 2. The molecule has 0 radical (unpaired) electrons. The average Bonchev–Trinajstić information content (AvgIpc) is 2.85. The van der Waals surface area contributed by atoms with E-state index >= 15 is 0 Å². The quantitative estimate of drug-likeness (QED) is 0.660. The van der Waals surface area contributed by atoms with Gasteiger partial charge in [0.25, 0.3) is 0 Å². The molecule has 0 spiro atoms. The Kier molecular flexibility index (Phi) is 2.30. The minimum Gasteiger partial charge on any atom is -0.454 e. The van der Waals surface area contributed by atoms with Gasteiger partial charge in [-0.2, -0.15) is 0 Å².